The zero-order valence-corrected chi connectivity index (χ0v) is 24.9. The molecule has 0 aliphatic heterocycles. The van der Waals surface area contributed by atoms with Gasteiger partial charge in [-0.2, -0.15) is 0 Å². The Bertz CT molecular complexity index is 699. The highest BCUT2D eigenvalue weighted by atomic mass is 16.5. The van der Waals surface area contributed by atoms with Gasteiger partial charge in [0.25, 0.3) is 0 Å². The number of carbonyl (C=O) groups excluding carboxylic acids is 2. The predicted octanol–water partition coefficient (Wildman–Crippen LogP) is 10.6. The van der Waals surface area contributed by atoms with E-state index in [1.807, 2.05) is 0 Å². The Morgan fingerprint density at radius 2 is 0.711 bits per heavy atom. The monoisotopic (exact) mass is 530 g/mol. The van der Waals surface area contributed by atoms with E-state index < -0.39 is 11.9 Å². The van der Waals surface area contributed by atoms with Crippen molar-refractivity contribution < 1.29 is 19.1 Å². The van der Waals surface area contributed by atoms with Crippen LogP contribution in [-0.2, 0) is 9.47 Å². The molecule has 0 aromatic heterocycles. The molecule has 0 aliphatic rings. The SMILES string of the molecule is CCCCCCCCCCCCCCCCCCOC(=O)c1ccccc1C(=O)OCCCCCCCC. The van der Waals surface area contributed by atoms with Crippen molar-refractivity contribution in [3.8, 4) is 0 Å². The van der Waals surface area contributed by atoms with E-state index >= 15 is 0 Å². The first-order valence-corrected chi connectivity index (χ1v) is 16.1. The molecule has 38 heavy (non-hydrogen) atoms. The van der Waals surface area contributed by atoms with E-state index in [9.17, 15) is 9.59 Å². The van der Waals surface area contributed by atoms with Crippen LogP contribution in [0, 0.1) is 0 Å². The molecule has 218 valence electrons. The Kier molecular flexibility index (Phi) is 22.9. The zero-order valence-electron chi connectivity index (χ0n) is 24.9. The quantitative estimate of drug-likeness (QED) is 0.0882. The molecular weight excluding hydrogens is 472 g/mol. The molecule has 0 unspecified atom stereocenters. The highest BCUT2D eigenvalue weighted by Gasteiger charge is 2.18. The minimum absolute atomic E-state index is 0.301. The number of unbranched alkanes of at least 4 members (excludes halogenated alkanes) is 20. The molecule has 0 spiro atoms. The lowest BCUT2D eigenvalue weighted by molar-refractivity contribution is 0.0450. The number of esters is 2. The van der Waals surface area contributed by atoms with Crippen molar-refractivity contribution in [2.75, 3.05) is 13.2 Å². The van der Waals surface area contributed by atoms with Gasteiger partial charge in [0.2, 0.25) is 0 Å². The number of hydrogen-bond acceptors (Lipinski definition) is 4. The minimum Gasteiger partial charge on any atom is -0.462 e. The summed E-state index contributed by atoms with van der Waals surface area (Å²) in [6.07, 6.45) is 27.9. The predicted molar refractivity (Wildman–Crippen MR) is 160 cm³/mol. The molecule has 4 heteroatoms. The zero-order chi connectivity index (χ0) is 27.5. The van der Waals surface area contributed by atoms with Gasteiger partial charge < -0.3 is 9.47 Å². The molecule has 1 rings (SSSR count). The third kappa shape index (κ3) is 18.4. The van der Waals surface area contributed by atoms with Gasteiger partial charge in [0.05, 0.1) is 24.3 Å². The van der Waals surface area contributed by atoms with Gasteiger partial charge >= 0.3 is 11.9 Å². The minimum atomic E-state index is -0.437. The van der Waals surface area contributed by atoms with Crippen LogP contribution in [0.4, 0.5) is 0 Å². The maximum absolute atomic E-state index is 12.6. The van der Waals surface area contributed by atoms with Crippen molar-refractivity contribution >= 4 is 11.9 Å². The molecule has 0 N–H and O–H groups in total. The summed E-state index contributed by atoms with van der Waals surface area (Å²) in [5, 5.41) is 0. The number of benzene rings is 1. The summed E-state index contributed by atoms with van der Waals surface area (Å²) in [4.78, 5) is 25.1. The van der Waals surface area contributed by atoms with E-state index in [-0.39, 0.29) is 0 Å². The summed E-state index contributed by atoms with van der Waals surface area (Å²) in [6, 6.07) is 6.82. The summed E-state index contributed by atoms with van der Waals surface area (Å²) >= 11 is 0. The van der Waals surface area contributed by atoms with Crippen molar-refractivity contribution in [3.05, 3.63) is 35.4 Å². The van der Waals surface area contributed by atoms with Crippen LogP contribution in [0.15, 0.2) is 24.3 Å². The van der Waals surface area contributed by atoms with Gasteiger partial charge in [0.1, 0.15) is 0 Å². The van der Waals surface area contributed by atoms with Crippen LogP contribution in [0.2, 0.25) is 0 Å². The topological polar surface area (TPSA) is 52.6 Å². The van der Waals surface area contributed by atoms with Gasteiger partial charge in [0.15, 0.2) is 0 Å². The Morgan fingerprint density at radius 1 is 0.447 bits per heavy atom. The molecule has 0 saturated heterocycles. The normalized spacial score (nSPS) is 11.0. The smallest absolute Gasteiger partial charge is 0.339 e. The second-order valence-corrected chi connectivity index (χ2v) is 10.9. The molecule has 0 atom stereocenters. The van der Waals surface area contributed by atoms with Crippen LogP contribution in [0.25, 0.3) is 0 Å². The Hall–Kier alpha value is -1.84. The summed E-state index contributed by atoms with van der Waals surface area (Å²) in [6.45, 7) is 5.27. The molecule has 4 nitrogen and oxygen atoms in total. The fourth-order valence-corrected chi connectivity index (χ4v) is 4.86. The van der Waals surface area contributed by atoms with Gasteiger partial charge in [-0.05, 0) is 25.0 Å². The van der Waals surface area contributed by atoms with E-state index in [1.165, 1.54) is 116 Å². The van der Waals surface area contributed by atoms with Crippen LogP contribution in [0.5, 0.6) is 0 Å². The highest BCUT2D eigenvalue weighted by Crippen LogP contribution is 2.15. The van der Waals surface area contributed by atoms with Gasteiger partial charge in [-0.15, -0.1) is 0 Å². The van der Waals surface area contributed by atoms with Crippen LogP contribution >= 0.6 is 0 Å². The van der Waals surface area contributed by atoms with Gasteiger partial charge in [-0.3, -0.25) is 0 Å². The average Bonchev–Trinajstić information content (AvgIpc) is 2.94. The Balaban J connectivity index is 2.05. The van der Waals surface area contributed by atoms with Gasteiger partial charge in [-0.25, -0.2) is 9.59 Å². The van der Waals surface area contributed by atoms with Crippen molar-refractivity contribution in [2.24, 2.45) is 0 Å². The van der Waals surface area contributed by atoms with Gasteiger partial charge in [-0.1, -0.05) is 154 Å². The van der Waals surface area contributed by atoms with Crippen LogP contribution in [0.3, 0.4) is 0 Å². The van der Waals surface area contributed by atoms with Crippen LogP contribution < -0.4 is 0 Å². The van der Waals surface area contributed by atoms with E-state index in [2.05, 4.69) is 13.8 Å². The van der Waals surface area contributed by atoms with E-state index in [4.69, 9.17) is 9.47 Å². The van der Waals surface area contributed by atoms with E-state index in [0.29, 0.717) is 24.3 Å². The summed E-state index contributed by atoms with van der Waals surface area (Å²) < 4.78 is 10.9. The Labute approximate surface area is 234 Å². The lowest BCUT2D eigenvalue weighted by Crippen LogP contribution is -2.15. The molecule has 0 radical (unpaired) electrons. The molecule has 0 fully saturated rings. The average molecular weight is 531 g/mol. The largest absolute Gasteiger partial charge is 0.462 e. The number of carbonyl (C=O) groups is 2. The third-order valence-electron chi connectivity index (χ3n) is 7.33. The molecule has 1 aromatic rings. The maximum Gasteiger partial charge on any atom is 0.339 e. The fourth-order valence-electron chi connectivity index (χ4n) is 4.86. The second-order valence-electron chi connectivity index (χ2n) is 10.9. The summed E-state index contributed by atoms with van der Waals surface area (Å²) in [5.41, 5.74) is 0.604. The third-order valence-corrected chi connectivity index (χ3v) is 7.33. The van der Waals surface area contributed by atoms with Crippen molar-refractivity contribution in [1.82, 2.24) is 0 Å². The number of hydrogen-bond donors (Lipinski definition) is 0. The summed E-state index contributed by atoms with van der Waals surface area (Å²) in [5.74, 6) is -0.869. The molecule has 0 heterocycles. The lowest BCUT2D eigenvalue weighted by atomic mass is 10.0. The Morgan fingerprint density at radius 3 is 1.00 bits per heavy atom. The summed E-state index contributed by atoms with van der Waals surface area (Å²) in [7, 11) is 0. The fraction of sp³-hybridized carbons (Fsp3) is 0.765. The van der Waals surface area contributed by atoms with Crippen molar-refractivity contribution in [2.45, 2.75) is 155 Å². The lowest BCUT2D eigenvalue weighted by Gasteiger charge is -2.10. The number of ether oxygens (including phenoxy) is 2. The maximum atomic E-state index is 12.6. The second kappa shape index (κ2) is 25.4. The van der Waals surface area contributed by atoms with E-state index in [0.717, 1.165) is 25.7 Å². The molecule has 0 bridgehead atoms. The van der Waals surface area contributed by atoms with Crippen LogP contribution in [-0.4, -0.2) is 25.2 Å². The van der Waals surface area contributed by atoms with Crippen molar-refractivity contribution in [3.63, 3.8) is 0 Å². The standard InChI is InChI=1S/C34H58O4/c1-3-5-7-9-11-12-13-14-15-16-17-18-19-20-22-26-30-38-34(36)32-28-24-23-27-31(32)33(35)37-29-25-21-10-8-6-4-2/h23-24,27-28H,3-22,25-26,29-30H2,1-2H3. The molecule has 0 aliphatic carbocycles. The van der Waals surface area contributed by atoms with Gasteiger partial charge in [0, 0.05) is 0 Å². The molecule has 1 aromatic carbocycles. The number of rotatable bonds is 26. The van der Waals surface area contributed by atoms with Crippen molar-refractivity contribution in [1.29, 1.82) is 0 Å². The molecule has 0 saturated carbocycles. The van der Waals surface area contributed by atoms with Crippen LogP contribution in [0.1, 0.15) is 176 Å². The van der Waals surface area contributed by atoms with E-state index in [1.54, 1.807) is 24.3 Å². The first-order chi connectivity index (χ1) is 18.7. The highest BCUT2D eigenvalue weighted by molar-refractivity contribution is 6.03. The first kappa shape index (κ1) is 34.2. The molecule has 0 amide bonds. The first-order valence-electron chi connectivity index (χ1n) is 16.1. The molecular formula is C34H58O4.